The van der Waals surface area contributed by atoms with E-state index in [1.807, 2.05) is 0 Å². The van der Waals surface area contributed by atoms with Crippen LogP contribution >= 0.6 is 0 Å². The van der Waals surface area contributed by atoms with E-state index >= 15 is 0 Å². The molecule has 0 aliphatic carbocycles. The molecule has 2 rings (SSSR count). The largest absolute Gasteiger partial charge is 0.465 e. The average molecular weight is 221 g/mol. The summed E-state index contributed by atoms with van der Waals surface area (Å²) in [4.78, 5) is 21.6. The molecule has 0 N–H and O–H groups in total. The van der Waals surface area contributed by atoms with E-state index in [1.54, 1.807) is 0 Å². The average Bonchev–Trinajstić information content (AvgIpc) is 2.73. The lowest BCUT2D eigenvalue weighted by Crippen LogP contribution is -2.05. The molecule has 1 aromatic carbocycles. The van der Waals surface area contributed by atoms with Gasteiger partial charge in [0.1, 0.15) is 11.1 Å². The highest BCUT2D eigenvalue weighted by molar-refractivity contribution is 6.02. The summed E-state index contributed by atoms with van der Waals surface area (Å²) >= 11 is 0. The zero-order valence-electron chi connectivity index (χ0n) is 8.30. The summed E-state index contributed by atoms with van der Waals surface area (Å²) in [5.74, 6) is -0.741. The van der Waals surface area contributed by atoms with Gasteiger partial charge in [0.15, 0.2) is 0 Å². The van der Waals surface area contributed by atoms with E-state index in [1.165, 1.54) is 31.6 Å². The van der Waals surface area contributed by atoms with Crippen LogP contribution in [0.1, 0.15) is 10.4 Å². The van der Waals surface area contributed by atoms with Crippen molar-refractivity contribution in [1.82, 2.24) is 0 Å². The van der Waals surface area contributed by atoms with Gasteiger partial charge in [-0.3, -0.25) is 10.1 Å². The summed E-state index contributed by atoms with van der Waals surface area (Å²) in [6.45, 7) is 0. The third-order valence-electron chi connectivity index (χ3n) is 2.19. The number of carbonyl (C=O) groups is 1. The number of nitro benzene ring substituents is 1. The summed E-state index contributed by atoms with van der Waals surface area (Å²) < 4.78 is 9.50. The van der Waals surface area contributed by atoms with Crippen molar-refractivity contribution in [2.24, 2.45) is 0 Å². The van der Waals surface area contributed by atoms with Gasteiger partial charge in [-0.25, -0.2) is 4.79 Å². The molecule has 0 atom stereocenters. The summed E-state index contributed by atoms with van der Waals surface area (Å²) in [7, 11) is 1.17. The fraction of sp³-hybridized carbons (Fsp3) is 0.100. The Hall–Kier alpha value is -2.37. The molecule has 0 fully saturated rings. The predicted molar refractivity (Wildman–Crippen MR) is 54.2 cm³/mol. The van der Waals surface area contributed by atoms with Gasteiger partial charge in [0.2, 0.25) is 0 Å². The Kier molecular flexibility index (Phi) is 2.32. The third-order valence-corrected chi connectivity index (χ3v) is 2.19. The first-order valence-electron chi connectivity index (χ1n) is 4.38. The van der Waals surface area contributed by atoms with Gasteiger partial charge < -0.3 is 9.15 Å². The molecule has 0 radical (unpaired) electrons. The lowest BCUT2D eigenvalue weighted by Gasteiger charge is -2.01. The normalized spacial score (nSPS) is 10.3. The number of furan rings is 1. The van der Waals surface area contributed by atoms with Crippen molar-refractivity contribution < 1.29 is 18.9 Å². The van der Waals surface area contributed by atoms with Crippen LogP contribution in [0.25, 0.3) is 11.0 Å². The number of esters is 1. The number of nitro groups is 1. The summed E-state index contributed by atoms with van der Waals surface area (Å²) in [5, 5.41) is 11.2. The van der Waals surface area contributed by atoms with Gasteiger partial charge in [0.05, 0.1) is 23.7 Å². The molecule has 0 saturated carbocycles. The molecule has 16 heavy (non-hydrogen) atoms. The number of rotatable bonds is 2. The fourth-order valence-electron chi connectivity index (χ4n) is 1.50. The van der Waals surface area contributed by atoms with Crippen LogP contribution < -0.4 is 0 Å². The molecule has 0 aliphatic rings. The highest BCUT2D eigenvalue weighted by Crippen LogP contribution is 2.30. The third kappa shape index (κ3) is 1.40. The van der Waals surface area contributed by atoms with Crippen molar-refractivity contribution in [3.8, 4) is 0 Å². The van der Waals surface area contributed by atoms with Crippen LogP contribution in [0.15, 0.2) is 28.9 Å². The second-order valence-electron chi connectivity index (χ2n) is 3.04. The maximum atomic E-state index is 11.3. The van der Waals surface area contributed by atoms with Crippen molar-refractivity contribution in [2.75, 3.05) is 7.11 Å². The minimum Gasteiger partial charge on any atom is -0.465 e. The number of carbonyl (C=O) groups excluding carboxylic acids is 1. The van der Waals surface area contributed by atoms with E-state index in [2.05, 4.69) is 4.74 Å². The van der Waals surface area contributed by atoms with Crippen LogP contribution in [0.3, 0.4) is 0 Å². The molecule has 1 aromatic heterocycles. The molecule has 6 heteroatoms. The van der Waals surface area contributed by atoms with E-state index in [0.29, 0.717) is 5.58 Å². The summed E-state index contributed by atoms with van der Waals surface area (Å²) in [5.41, 5.74) is -0.0150. The van der Waals surface area contributed by atoms with Crippen LogP contribution in [0.4, 0.5) is 5.69 Å². The van der Waals surface area contributed by atoms with E-state index in [4.69, 9.17) is 4.42 Å². The van der Waals surface area contributed by atoms with Gasteiger partial charge in [-0.05, 0) is 18.2 Å². The topological polar surface area (TPSA) is 82.6 Å². The Labute approximate surface area is 89.6 Å². The lowest BCUT2D eigenvalue weighted by atomic mass is 10.1. The minimum atomic E-state index is -0.741. The molecule has 6 nitrogen and oxygen atoms in total. The standard InChI is InChI=1S/C10H7NO5/c1-15-10(12)7-2-3-8-6(4-5-16-8)9(7)11(13)14/h2-5H,1H3. The van der Waals surface area contributed by atoms with Crippen molar-refractivity contribution >= 4 is 22.6 Å². The summed E-state index contributed by atoms with van der Waals surface area (Å²) in [6.07, 6.45) is 1.33. The predicted octanol–water partition coefficient (Wildman–Crippen LogP) is 2.13. The van der Waals surface area contributed by atoms with E-state index in [9.17, 15) is 14.9 Å². The molecule has 82 valence electrons. The van der Waals surface area contributed by atoms with E-state index < -0.39 is 10.9 Å². The van der Waals surface area contributed by atoms with Crippen molar-refractivity contribution in [3.63, 3.8) is 0 Å². The first-order chi connectivity index (χ1) is 7.65. The Morgan fingerprint density at radius 2 is 2.19 bits per heavy atom. The molecule has 1 heterocycles. The number of benzene rings is 1. The molecule has 0 aliphatic heterocycles. The quantitative estimate of drug-likeness (QED) is 0.440. The van der Waals surface area contributed by atoms with Gasteiger partial charge in [-0.1, -0.05) is 0 Å². The zero-order chi connectivity index (χ0) is 11.7. The molecular weight excluding hydrogens is 214 g/mol. The maximum absolute atomic E-state index is 11.3. The van der Waals surface area contributed by atoms with Gasteiger partial charge in [-0.2, -0.15) is 0 Å². The molecule has 0 unspecified atom stereocenters. The first kappa shape index (κ1) is 10.2. The SMILES string of the molecule is COC(=O)c1ccc2occc2c1[N+](=O)[O-]. The molecular formula is C10H7NO5. The number of hydrogen-bond acceptors (Lipinski definition) is 5. The fourth-order valence-corrected chi connectivity index (χ4v) is 1.50. The Bertz CT molecular complexity index is 572. The van der Waals surface area contributed by atoms with Gasteiger partial charge in [0.25, 0.3) is 5.69 Å². The molecule has 0 bridgehead atoms. The van der Waals surface area contributed by atoms with Gasteiger partial charge in [-0.15, -0.1) is 0 Å². The smallest absolute Gasteiger partial charge is 0.344 e. The monoisotopic (exact) mass is 221 g/mol. The van der Waals surface area contributed by atoms with Crippen LogP contribution in [0.2, 0.25) is 0 Å². The van der Waals surface area contributed by atoms with Crippen molar-refractivity contribution in [3.05, 3.63) is 40.1 Å². The summed E-state index contributed by atoms with van der Waals surface area (Å²) in [6, 6.07) is 4.25. The first-order valence-corrected chi connectivity index (χ1v) is 4.38. The Balaban J connectivity index is 2.78. The number of ether oxygens (including phenoxy) is 1. The van der Waals surface area contributed by atoms with Crippen molar-refractivity contribution in [2.45, 2.75) is 0 Å². The molecule has 2 aromatic rings. The zero-order valence-corrected chi connectivity index (χ0v) is 8.30. The Morgan fingerprint density at radius 3 is 2.81 bits per heavy atom. The second kappa shape index (κ2) is 3.65. The van der Waals surface area contributed by atoms with E-state index in [0.717, 1.165) is 0 Å². The van der Waals surface area contributed by atoms with Gasteiger partial charge in [0, 0.05) is 0 Å². The maximum Gasteiger partial charge on any atom is 0.344 e. The number of hydrogen-bond donors (Lipinski definition) is 0. The lowest BCUT2D eigenvalue weighted by molar-refractivity contribution is -0.383. The number of fused-ring (bicyclic) bond motifs is 1. The van der Waals surface area contributed by atoms with Crippen LogP contribution in [-0.4, -0.2) is 18.0 Å². The van der Waals surface area contributed by atoms with Crippen LogP contribution in [0.5, 0.6) is 0 Å². The van der Waals surface area contributed by atoms with Gasteiger partial charge >= 0.3 is 5.97 Å². The highest BCUT2D eigenvalue weighted by Gasteiger charge is 2.25. The van der Waals surface area contributed by atoms with Crippen LogP contribution in [-0.2, 0) is 4.74 Å². The minimum absolute atomic E-state index is 0.0820. The molecule has 0 saturated heterocycles. The van der Waals surface area contributed by atoms with Crippen molar-refractivity contribution in [1.29, 1.82) is 0 Å². The Morgan fingerprint density at radius 1 is 1.44 bits per heavy atom. The number of nitrogens with zero attached hydrogens (tertiary/aromatic N) is 1. The molecule has 0 amide bonds. The molecule has 0 spiro atoms. The van der Waals surface area contributed by atoms with Crippen LogP contribution in [0, 0.1) is 10.1 Å². The van der Waals surface area contributed by atoms with E-state index in [-0.39, 0.29) is 16.6 Å². The highest BCUT2D eigenvalue weighted by atomic mass is 16.6. The number of methoxy groups -OCH3 is 1. The second-order valence-corrected chi connectivity index (χ2v) is 3.04.